The normalized spacial score (nSPS) is 28.4. The van der Waals surface area contributed by atoms with E-state index in [4.69, 9.17) is 18.9 Å². The lowest BCUT2D eigenvalue weighted by Crippen LogP contribution is -2.61. The van der Waals surface area contributed by atoms with Gasteiger partial charge < -0.3 is 29.6 Å². The highest BCUT2D eigenvalue weighted by Gasteiger charge is 2.77. The molecule has 2 amide bonds. The van der Waals surface area contributed by atoms with Crippen LogP contribution in [0.3, 0.4) is 0 Å². The standard InChI is InChI=1S/C22H32N2O9.H2/c1-8-30-18(27)15-14-13(32-12(4)25)10-22(16(14)15,19(28)31-9-2)24-17(26)11(3)23-20(29)33-21(5,6)7;/h8,11,13-16H,1,9-10H2,2-7H3,(H,23,29)(H,24,26);1H/t11-,13+,14+,15+,16+,22+;/m1./s1. The molecule has 0 spiro atoms. The molecule has 0 saturated heterocycles. The van der Waals surface area contributed by atoms with Crippen molar-refractivity contribution in [3.05, 3.63) is 12.8 Å². The quantitative estimate of drug-likeness (QED) is 0.306. The summed E-state index contributed by atoms with van der Waals surface area (Å²) < 4.78 is 20.6. The van der Waals surface area contributed by atoms with Crippen LogP contribution in [0, 0.1) is 17.8 Å². The molecule has 186 valence electrons. The summed E-state index contributed by atoms with van der Waals surface area (Å²) >= 11 is 0. The van der Waals surface area contributed by atoms with Crippen molar-refractivity contribution in [1.82, 2.24) is 10.6 Å². The molecule has 11 nitrogen and oxygen atoms in total. The Bertz CT molecular complexity index is 841. The monoisotopic (exact) mass is 470 g/mol. The van der Waals surface area contributed by atoms with Crippen LogP contribution < -0.4 is 10.6 Å². The van der Waals surface area contributed by atoms with E-state index in [9.17, 15) is 24.0 Å². The second kappa shape index (κ2) is 9.80. The Labute approximate surface area is 194 Å². The number of hydrogen-bond donors (Lipinski definition) is 2. The number of carbonyl (C=O) groups excluding carboxylic acids is 5. The van der Waals surface area contributed by atoms with E-state index in [-0.39, 0.29) is 14.5 Å². The number of alkyl carbamates (subject to hydrolysis) is 1. The largest absolute Gasteiger partial charge is 0.464 e. The minimum absolute atomic E-state index is 0. The van der Waals surface area contributed by atoms with Gasteiger partial charge in [-0.05, 0) is 34.6 Å². The predicted octanol–water partition coefficient (Wildman–Crippen LogP) is 1.45. The van der Waals surface area contributed by atoms with E-state index in [0.29, 0.717) is 0 Å². The number of amides is 2. The highest BCUT2D eigenvalue weighted by molar-refractivity contribution is 5.94. The lowest BCUT2D eigenvalue weighted by Gasteiger charge is -2.33. The number of carbonyl (C=O) groups is 5. The molecule has 2 aliphatic carbocycles. The fourth-order valence-corrected chi connectivity index (χ4v) is 4.36. The molecule has 2 fully saturated rings. The van der Waals surface area contributed by atoms with Crippen molar-refractivity contribution < 1.29 is 44.3 Å². The molecule has 0 radical (unpaired) electrons. The summed E-state index contributed by atoms with van der Waals surface area (Å²) in [5.41, 5.74) is -2.41. The van der Waals surface area contributed by atoms with Crippen LogP contribution in [0.1, 0.15) is 49.4 Å². The predicted molar refractivity (Wildman–Crippen MR) is 115 cm³/mol. The molecule has 11 heteroatoms. The molecule has 2 aliphatic rings. The Morgan fingerprint density at radius 1 is 1.24 bits per heavy atom. The zero-order chi connectivity index (χ0) is 25.1. The fourth-order valence-electron chi connectivity index (χ4n) is 4.36. The van der Waals surface area contributed by atoms with Gasteiger partial charge in [0.15, 0.2) is 0 Å². The third kappa shape index (κ3) is 5.82. The summed E-state index contributed by atoms with van der Waals surface area (Å²) in [6.07, 6.45) is -0.733. The van der Waals surface area contributed by atoms with Crippen LogP contribution in [-0.2, 0) is 38.1 Å². The van der Waals surface area contributed by atoms with Crippen LogP contribution in [0.15, 0.2) is 12.8 Å². The smallest absolute Gasteiger partial charge is 0.408 e. The number of fused-ring (bicyclic) bond motifs is 1. The van der Waals surface area contributed by atoms with Crippen molar-refractivity contribution >= 4 is 29.9 Å². The first kappa shape index (κ1) is 26.1. The van der Waals surface area contributed by atoms with Crippen molar-refractivity contribution in [3.8, 4) is 0 Å². The van der Waals surface area contributed by atoms with Gasteiger partial charge in [-0.3, -0.25) is 14.4 Å². The Morgan fingerprint density at radius 3 is 2.39 bits per heavy atom. The zero-order valence-electron chi connectivity index (χ0n) is 19.8. The first-order chi connectivity index (χ1) is 15.3. The van der Waals surface area contributed by atoms with Gasteiger partial charge in [0.2, 0.25) is 5.91 Å². The van der Waals surface area contributed by atoms with E-state index in [1.807, 2.05) is 0 Å². The van der Waals surface area contributed by atoms with Gasteiger partial charge in [-0.15, -0.1) is 0 Å². The van der Waals surface area contributed by atoms with E-state index in [1.54, 1.807) is 27.7 Å². The van der Waals surface area contributed by atoms with Crippen molar-refractivity contribution in [2.45, 2.75) is 71.2 Å². The van der Waals surface area contributed by atoms with E-state index in [1.165, 1.54) is 13.8 Å². The third-order valence-corrected chi connectivity index (χ3v) is 5.50. The molecule has 6 atom stereocenters. The minimum Gasteiger partial charge on any atom is -0.464 e. The van der Waals surface area contributed by atoms with Gasteiger partial charge in [0, 0.05) is 26.6 Å². The Balaban J connectivity index is 0.00000578. The van der Waals surface area contributed by atoms with Crippen LogP contribution in [0.5, 0.6) is 0 Å². The maximum atomic E-state index is 13.1. The molecule has 0 aromatic heterocycles. The number of nitrogens with one attached hydrogen (secondary N) is 2. The first-order valence-corrected chi connectivity index (χ1v) is 10.7. The van der Waals surface area contributed by atoms with Crippen LogP contribution in [0.4, 0.5) is 4.79 Å². The molecule has 0 bridgehead atoms. The molecule has 33 heavy (non-hydrogen) atoms. The molecule has 0 aliphatic heterocycles. The van der Waals surface area contributed by atoms with E-state index in [2.05, 4.69) is 17.2 Å². The molecule has 0 heterocycles. The topological polar surface area (TPSA) is 146 Å². The van der Waals surface area contributed by atoms with E-state index >= 15 is 0 Å². The van der Waals surface area contributed by atoms with Gasteiger partial charge in [-0.2, -0.15) is 0 Å². The molecule has 0 unspecified atom stereocenters. The van der Waals surface area contributed by atoms with Gasteiger partial charge >= 0.3 is 24.0 Å². The summed E-state index contributed by atoms with van der Waals surface area (Å²) in [5.74, 6) is -4.77. The van der Waals surface area contributed by atoms with Crippen LogP contribution in [-0.4, -0.2) is 59.8 Å². The summed E-state index contributed by atoms with van der Waals surface area (Å²) in [4.78, 5) is 62.2. The van der Waals surface area contributed by atoms with Gasteiger partial charge in [0.25, 0.3) is 0 Å². The average molecular weight is 471 g/mol. The third-order valence-electron chi connectivity index (χ3n) is 5.50. The lowest BCUT2D eigenvalue weighted by molar-refractivity contribution is -0.159. The van der Waals surface area contributed by atoms with Crippen molar-refractivity contribution in [1.29, 1.82) is 0 Å². The maximum Gasteiger partial charge on any atom is 0.408 e. The van der Waals surface area contributed by atoms with Crippen molar-refractivity contribution in [2.24, 2.45) is 17.8 Å². The summed E-state index contributed by atoms with van der Waals surface area (Å²) in [5, 5.41) is 5.07. The van der Waals surface area contributed by atoms with Gasteiger partial charge in [-0.1, -0.05) is 6.58 Å². The van der Waals surface area contributed by atoms with Crippen molar-refractivity contribution in [3.63, 3.8) is 0 Å². The average Bonchev–Trinajstić information content (AvgIpc) is 3.34. The molecule has 0 aromatic carbocycles. The molecule has 0 aromatic rings. The van der Waals surface area contributed by atoms with E-state index in [0.717, 1.165) is 6.26 Å². The highest BCUT2D eigenvalue weighted by Crippen LogP contribution is 2.64. The van der Waals surface area contributed by atoms with Crippen LogP contribution in [0.25, 0.3) is 0 Å². The van der Waals surface area contributed by atoms with Crippen LogP contribution >= 0.6 is 0 Å². The maximum absolute atomic E-state index is 13.1. The Hall–Kier alpha value is -3.11. The van der Waals surface area contributed by atoms with E-state index < -0.39 is 70.9 Å². The van der Waals surface area contributed by atoms with Gasteiger partial charge in [0.05, 0.1) is 18.8 Å². The highest BCUT2D eigenvalue weighted by atomic mass is 16.6. The summed E-state index contributed by atoms with van der Waals surface area (Å²) in [7, 11) is 0. The Kier molecular flexibility index (Phi) is 7.76. The molecule has 2 N–H and O–H groups in total. The zero-order valence-corrected chi connectivity index (χ0v) is 19.8. The molecule has 2 rings (SSSR count). The SMILES string of the molecule is C=COC(=O)[C@H]1[C@H]2[C@@H]1[C@](NC(=O)[C@@H](C)NC(=O)OC(C)(C)C)(C(=O)OCC)C[C@@H]2OC(C)=O.[HH]. The lowest BCUT2D eigenvalue weighted by atomic mass is 9.88. The summed E-state index contributed by atoms with van der Waals surface area (Å²) in [6.45, 7) is 12.7. The fraction of sp³-hybridized carbons (Fsp3) is 0.682. The number of rotatable bonds is 8. The summed E-state index contributed by atoms with van der Waals surface area (Å²) in [6, 6.07) is -1.07. The van der Waals surface area contributed by atoms with Gasteiger partial charge in [0.1, 0.15) is 23.3 Å². The first-order valence-electron chi connectivity index (χ1n) is 10.7. The molecular weight excluding hydrogens is 436 g/mol. The van der Waals surface area contributed by atoms with Crippen LogP contribution in [0.2, 0.25) is 0 Å². The second-order valence-corrected chi connectivity index (χ2v) is 9.13. The number of hydrogen-bond acceptors (Lipinski definition) is 9. The number of ether oxygens (including phenoxy) is 4. The molecule has 2 saturated carbocycles. The second-order valence-electron chi connectivity index (χ2n) is 9.13. The minimum atomic E-state index is -1.65. The Morgan fingerprint density at radius 2 is 1.88 bits per heavy atom. The molecular formula is C22H34N2O9. The van der Waals surface area contributed by atoms with Crippen molar-refractivity contribution in [2.75, 3.05) is 6.61 Å². The van der Waals surface area contributed by atoms with Gasteiger partial charge in [-0.25, -0.2) is 9.59 Å². The number of esters is 3.